The minimum atomic E-state index is -0.331. The Balaban J connectivity index is 1.77. The van der Waals surface area contributed by atoms with Crippen molar-refractivity contribution < 1.29 is 9.90 Å². The molecule has 2 N–H and O–H groups in total. The van der Waals surface area contributed by atoms with Crippen molar-refractivity contribution in [3.05, 3.63) is 81.6 Å². The molecule has 1 aromatic heterocycles. The minimum absolute atomic E-state index is 0.116. The van der Waals surface area contributed by atoms with Crippen LogP contribution >= 0.6 is 15.9 Å². The van der Waals surface area contributed by atoms with Gasteiger partial charge < -0.3 is 9.67 Å². The van der Waals surface area contributed by atoms with Crippen LogP contribution < -0.4 is 5.43 Å². The third-order valence-electron chi connectivity index (χ3n) is 4.05. The molecule has 3 aromatic rings. The number of nitrogens with zero attached hydrogens (tertiary/aromatic N) is 2. The summed E-state index contributed by atoms with van der Waals surface area (Å²) >= 11 is 3.45. The number of amides is 1. The van der Waals surface area contributed by atoms with Crippen LogP contribution in [0, 0.1) is 13.8 Å². The second-order valence-electron chi connectivity index (χ2n) is 5.88. The topological polar surface area (TPSA) is 66.6 Å². The molecule has 5 nitrogen and oxygen atoms in total. The molecule has 0 atom stereocenters. The Labute approximate surface area is 160 Å². The Hall–Kier alpha value is -2.86. The number of carbonyl (C=O) groups excluding carboxylic acids is 1. The van der Waals surface area contributed by atoms with Crippen LogP contribution in [0.15, 0.2) is 64.2 Å². The van der Waals surface area contributed by atoms with Gasteiger partial charge in [-0.3, -0.25) is 4.79 Å². The molecule has 132 valence electrons. The molecule has 0 spiro atoms. The van der Waals surface area contributed by atoms with E-state index in [0.29, 0.717) is 5.56 Å². The number of benzene rings is 2. The summed E-state index contributed by atoms with van der Waals surface area (Å²) in [5, 5.41) is 13.3. The highest BCUT2D eigenvalue weighted by molar-refractivity contribution is 9.10. The number of aromatic nitrogens is 1. The summed E-state index contributed by atoms with van der Waals surface area (Å²) in [6.07, 6.45) is 1.63. The first kappa shape index (κ1) is 17.9. The highest BCUT2D eigenvalue weighted by Gasteiger charge is 2.10. The first-order chi connectivity index (χ1) is 12.5. The van der Waals surface area contributed by atoms with Crippen molar-refractivity contribution in [2.75, 3.05) is 0 Å². The maximum Gasteiger partial charge on any atom is 0.271 e. The number of aryl methyl sites for hydroxylation is 1. The van der Waals surface area contributed by atoms with Gasteiger partial charge in [-0.2, -0.15) is 5.10 Å². The van der Waals surface area contributed by atoms with E-state index < -0.39 is 0 Å². The second kappa shape index (κ2) is 7.58. The number of rotatable bonds is 4. The van der Waals surface area contributed by atoms with Gasteiger partial charge in [-0.1, -0.05) is 15.9 Å². The normalized spacial score (nSPS) is 11.0. The third-order valence-corrected chi connectivity index (χ3v) is 4.58. The van der Waals surface area contributed by atoms with Crippen LogP contribution in [-0.2, 0) is 0 Å². The predicted molar refractivity (Wildman–Crippen MR) is 106 cm³/mol. The van der Waals surface area contributed by atoms with Crippen LogP contribution in [0.2, 0.25) is 0 Å². The summed E-state index contributed by atoms with van der Waals surface area (Å²) in [6.45, 7) is 4.04. The van der Waals surface area contributed by atoms with Crippen molar-refractivity contribution in [2.45, 2.75) is 13.8 Å². The molecule has 2 aromatic carbocycles. The van der Waals surface area contributed by atoms with Crippen molar-refractivity contribution in [1.82, 2.24) is 9.99 Å². The lowest BCUT2D eigenvalue weighted by atomic mass is 10.2. The van der Waals surface area contributed by atoms with Gasteiger partial charge in [-0.25, -0.2) is 5.43 Å². The molecule has 6 heteroatoms. The van der Waals surface area contributed by atoms with Crippen LogP contribution in [0.1, 0.15) is 27.3 Å². The molecule has 0 aliphatic rings. The minimum Gasteiger partial charge on any atom is -0.508 e. The van der Waals surface area contributed by atoms with Crippen molar-refractivity contribution >= 4 is 28.1 Å². The number of hydrazone groups is 1. The van der Waals surface area contributed by atoms with Gasteiger partial charge >= 0.3 is 0 Å². The molecule has 0 unspecified atom stereocenters. The molecule has 26 heavy (non-hydrogen) atoms. The van der Waals surface area contributed by atoms with E-state index in [1.54, 1.807) is 18.3 Å². The number of nitrogens with one attached hydrogen (secondary N) is 1. The largest absolute Gasteiger partial charge is 0.508 e. The Kier molecular flexibility index (Phi) is 5.23. The van der Waals surface area contributed by atoms with E-state index >= 15 is 0 Å². The molecule has 0 aliphatic heterocycles. The van der Waals surface area contributed by atoms with Gasteiger partial charge in [-0.15, -0.1) is 0 Å². The maximum absolute atomic E-state index is 12.0. The molecular formula is C20H18BrN3O2. The molecule has 0 aliphatic carbocycles. The highest BCUT2D eigenvalue weighted by Crippen LogP contribution is 2.21. The van der Waals surface area contributed by atoms with Gasteiger partial charge in [0.25, 0.3) is 5.91 Å². The van der Waals surface area contributed by atoms with E-state index in [9.17, 15) is 9.90 Å². The van der Waals surface area contributed by atoms with E-state index in [0.717, 1.165) is 27.1 Å². The number of phenolic OH excluding ortho intramolecular Hbond substituents is 1. The monoisotopic (exact) mass is 411 g/mol. The van der Waals surface area contributed by atoms with E-state index in [1.807, 2.05) is 44.2 Å². The summed E-state index contributed by atoms with van der Waals surface area (Å²) in [7, 11) is 0. The second-order valence-corrected chi connectivity index (χ2v) is 6.80. The summed E-state index contributed by atoms with van der Waals surface area (Å²) in [5.74, 6) is -0.214. The number of phenols is 1. The van der Waals surface area contributed by atoms with Gasteiger partial charge in [0, 0.05) is 32.7 Å². The van der Waals surface area contributed by atoms with Crippen molar-refractivity contribution in [1.29, 1.82) is 0 Å². The quantitative estimate of drug-likeness (QED) is 0.495. The fraction of sp³-hybridized carbons (Fsp3) is 0.100. The maximum atomic E-state index is 12.0. The standard InChI is InChI=1S/C20H18BrN3O2/c1-13-11-16(14(2)24(13)18-7-5-17(21)6-8-18)12-22-23-20(26)15-3-9-19(25)10-4-15/h3-12,25H,1-2H3,(H,23,26)/b22-12-. The first-order valence-corrected chi connectivity index (χ1v) is 8.82. The Morgan fingerprint density at radius 2 is 1.77 bits per heavy atom. The van der Waals surface area contributed by atoms with Crippen LogP contribution in [-0.4, -0.2) is 21.8 Å². The average molecular weight is 412 g/mol. The fourth-order valence-electron chi connectivity index (χ4n) is 2.74. The smallest absolute Gasteiger partial charge is 0.271 e. The zero-order valence-electron chi connectivity index (χ0n) is 14.4. The molecule has 0 bridgehead atoms. The zero-order valence-corrected chi connectivity index (χ0v) is 16.0. The first-order valence-electron chi connectivity index (χ1n) is 8.03. The van der Waals surface area contributed by atoms with Gasteiger partial charge in [0.15, 0.2) is 0 Å². The van der Waals surface area contributed by atoms with Crippen LogP contribution in [0.5, 0.6) is 5.75 Å². The Bertz CT molecular complexity index is 958. The summed E-state index contributed by atoms with van der Waals surface area (Å²) < 4.78 is 3.16. The number of carbonyl (C=O) groups is 1. The zero-order chi connectivity index (χ0) is 18.7. The van der Waals surface area contributed by atoms with Gasteiger partial charge in [-0.05, 0) is 68.4 Å². The Morgan fingerprint density at radius 1 is 1.12 bits per heavy atom. The van der Waals surface area contributed by atoms with Gasteiger partial charge in [0.05, 0.1) is 6.21 Å². The van der Waals surface area contributed by atoms with Crippen LogP contribution in [0.4, 0.5) is 0 Å². The van der Waals surface area contributed by atoms with Crippen molar-refractivity contribution in [3.8, 4) is 11.4 Å². The third kappa shape index (κ3) is 3.86. The number of halogens is 1. The van der Waals surface area contributed by atoms with Crippen molar-refractivity contribution in [3.63, 3.8) is 0 Å². The fourth-order valence-corrected chi connectivity index (χ4v) is 3.01. The van der Waals surface area contributed by atoms with Gasteiger partial charge in [0.1, 0.15) is 5.75 Å². The Morgan fingerprint density at radius 3 is 2.42 bits per heavy atom. The summed E-state index contributed by atoms with van der Waals surface area (Å²) in [4.78, 5) is 12.0. The number of hydrogen-bond donors (Lipinski definition) is 2. The lowest BCUT2D eigenvalue weighted by molar-refractivity contribution is 0.0955. The lowest BCUT2D eigenvalue weighted by Crippen LogP contribution is -2.17. The highest BCUT2D eigenvalue weighted by atomic mass is 79.9. The molecule has 0 radical (unpaired) electrons. The molecule has 0 saturated heterocycles. The molecule has 1 amide bonds. The lowest BCUT2D eigenvalue weighted by Gasteiger charge is -2.09. The van der Waals surface area contributed by atoms with Crippen molar-refractivity contribution in [2.24, 2.45) is 5.10 Å². The van der Waals surface area contributed by atoms with Gasteiger partial charge in [0.2, 0.25) is 0 Å². The SMILES string of the molecule is Cc1cc(/C=N\NC(=O)c2ccc(O)cc2)c(C)n1-c1ccc(Br)cc1. The molecule has 0 saturated carbocycles. The van der Waals surface area contributed by atoms with E-state index in [2.05, 4.69) is 31.0 Å². The number of aromatic hydroxyl groups is 1. The van der Waals surface area contributed by atoms with E-state index in [4.69, 9.17) is 0 Å². The molecule has 1 heterocycles. The molecule has 0 fully saturated rings. The predicted octanol–water partition coefficient (Wildman–Crippen LogP) is 4.33. The van der Waals surface area contributed by atoms with Crippen LogP contribution in [0.25, 0.3) is 5.69 Å². The summed E-state index contributed by atoms with van der Waals surface area (Å²) in [5.41, 5.74) is 7.04. The van der Waals surface area contributed by atoms with Crippen LogP contribution in [0.3, 0.4) is 0 Å². The molecular weight excluding hydrogens is 394 g/mol. The van der Waals surface area contributed by atoms with E-state index in [1.165, 1.54) is 12.1 Å². The average Bonchev–Trinajstić information content (AvgIpc) is 2.90. The summed E-state index contributed by atoms with van der Waals surface area (Å²) in [6, 6.07) is 16.1. The van der Waals surface area contributed by atoms with E-state index in [-0.39, 0.29) is 11.7 Å². The number of hydrogen-bond acceptors (Lipinski definition) is 3. The molecule has 3 rings (SSSR count).